The Balaban J connectivity index is 0.000000559. The summed E-state index contributed by atoms with van der Waals surface area (Å²) < 4.78 is 37.0. The predicted octanol–water partition coefficient (Wildman–Crippen LogP) is 5.26. The zero-order chi connectivity index (χ0) is 29.4. The molecule has 0 bridgehead atoms. The molecule has 1 fully saturated rings. The Hall–Kier alpha value is -4.45. The highest BCUT2D eigenvalue weighted by molar-refractivity contribution is 6.30. The minimum absolute atomic E-state index is 0.152. The lowest BCUT2D eigenvalue weighted by Crippen LogP contribution is -2.47. The number of methoxy groups -OCH3 is 1. The molecule has 1 amide bonds. The average Bonchev–Trinajstić information content (AvgIpc) is 2.93. The third kappa shape index (κ3) is 8.03. The van der Waals surface area contributed by atoms with Crippen LogP contribution in [0.1, 0.15) is 20.7 Å². The van der Waals surface area contributed by atoms with Gasteiger partial charge >= 0.3 is 18.1 Å². The van der Waals surface area contributed by atoms with Gasteiger partial charge in [-0.25, -0.2) is 9.59 Å². The number of nitrogens with zero attached hydrogens (tertiary/aromatic N) is 2. The smallest absolute Gasteiger partial charge is 0.490 e. The highest BCUT2D eigenvalue weighted by Crippen LogP contribution is 2.28. The first-order chi connectivity index (χ1) is 18.9. The second kappa shape index (κ2) is 13.1. The maximum atomic E-state index is 12.5. The van der Waals surface area contributed by atoms with Gasteiger partial charge in [-0.1, -0.05) is 17.7 Å². The predicted molar refractivity (Wildman–Crippen MR) is 144 cm³/mol. The average molecular weight is 580 g/mol. The largest absolute Gasteiger partial charge is 0.497 e. The van der Waals surface area contributed by atoms with Crippen LogP contribution in [0.2, 0.25) is 5.02 Å². The minimum Gasteiger partial charge on any atom is -0.497 e. The fourth-order valence-electron chi connectivity index (χ4n) is 3.88. The normalized spacial score (nSPS) is 13.1. The van der Waals surface area contributed by atoms with E-state index in [0.29, 0.717) is 35.1 Å². The van der Waals surface area contributed by atoms with E-state index in [0.717, 1.165) is 24.5 Å². The van der Waals surface area contributed by atoms with Gasteiger partial charge in [0, 0.05) is 54.2 Å². The number of carbonyl (C=O) groups excluding carboxylic acids is 1. The first kappa shape index (κ1) is 30.1. The molecule has 0 aliphatic carbocycles. The van der Waals surface area contributed by atoms with Crippen molar-refractivity contribution in [1.29, 1.82) is 0 Å². The number of nitrogens with one attached hydrogen (secondary N) is 1. The fourth-order valence-corrected chi connectivity index (χ4v) is 4.00. The van der Waals surface area contributed by atoms with Gasteiger partial charge in [-0.05, 0) is 54.6 Å². The summed E-state index contributed by atoms with van der Waals surface area (Å²) in [6, 6.07) is 19.4. The summed E-state index contributed by atoms with van der Waals surface area (Å²) in [4.78, 5) is 37.7. The van der Waals surface area contributed by atoms with Gasteiger partial charge in [-0.15, -0.1) is 0 Å². The number of carboxylic acids is 2. The second-order valence-corrected chi connectivity index (χ2v) is 8.91. The SMILES string of the molecule is COc1cccc(N2CCN(c3ccc(NC(=O)c4ccc(Cl)cc4)cc3C(=O)O)CC2)c1.O=C(O)C(F)(F)F. The van der Waals surface area contributed by atoms with Gasteiger partial charge in [0.1, 0.15) is 5.75 Å². The second-order valence-electron chi connectivity index (χ2n) is 8.48. The number of halogens is 4. The number of aliphatic carboxylic acids is 1. The number of benzene rings is 3. The summed E-state index contributed by atoms with van der Waals surface area (Å²) in [6.45, 7) is 2.85. The van der Waals surface area contributed by atoms with Crippen LogP contribution in [0.15, 0.2) is 66.7 Å². The molecular formula is C27H25ClF3N3O6. The molecule has 1 saturated heterocycles. The molecule has 0 atom stereocenters. The fraction of sp³-hybridized carbons (Fsp3) is 0.222. The molecule has 40 heavy (non-hydrogen) atoms. The number of ether oxygens (including phenoxy) is 1. The van der Waals surface area contributed by atoms with Crippen molar-refractivity contribution in [2.45, 2.75) is 6.18 Å². The molecule has 0 aromatic heterocycles. The summed E-state index contributed by atoms with van der Waals surface area (Å²) in [5, 5.41) is 20.2. The lowest BCUT2D eigenvalue weighted by Gasteiger charge is -2.38. The van der Waals surface area contributed by atoms with Crippen molar-refractivity contribution in [3.8, 4) is 5.75 Å². The van der Waals surface area contributed by atoms with Gasteiger partial charge in [-0.2, -0.15) is 13.2 Å². The van der Waals surface area contributed by atoms with Gasteiger partial charge in [0.15, 0.2) is 0 Å². The monoisotopic (exact) mass is 579 g/mol. The van der Waals surface area contributed by atoms with Crippen molar-refractivity contribution >= 4 is 46.5 Å². The van der Waals surface area contributed by atoms with Crippen LogP contribution >= 0.6 is 11.6 Å². The van der Waals surface area contributed by atoms with E-state index < -0.39 is 18.1 Å². The molecular weight excluding hydrogens is 555 g/mol. The van der Waals surface area contributed by atoms with Crippen LogP contribution in [0.25, 0.3) is 0 Å². The van der Waals surface area contributed by atoms with E-state index in [1.54, 1.807) is 43.5 Å². The number of rotatable bonds is 6. The first-order valence-corrected chi connectivity index (χ1v) is 12.1. The highest BCUT2D eigenvalue weighted by Gasteiger charge is 2.38. The van der Waals surface area contributed by atoms with Gasteiger partial charge in [-0.3, -0.25) is 4.79 Å². The first-order valence-electron chi connectivity index (χ1n) is 11.8. The molecule has 0 spiro atoms. The maximum absolute atomic E-state index is 12.5. The summed E-state index contributed by atoms with van der Waals surface area (Å²) in [6.07, 6.45) is -5.08. The zero-order valence-corrected chi connectivity index (χ0v) is 21.9. The molecule has 1 heterocycles. The Morgan fingerprint density at radius 1 is 0.900 bits per heavy atom. The number of amides is 1. The van der Waals surface area contributed by atoms with Crippen LogP contribution in [0.3, 0.4) is 0 Å². The third-order valence-electron chi connectivity index (χ3n) is 5.87. The summed E-state index contributed by atoms with van der Waals surface area (Å²) >= 11 is 5.87. The molecule has 212 valence electrons. The topological polar surface area (TPSA) is 119 Å². The van der Waals surface area contributed by atoms with Crippen molar-refractivity contribution in [2.75, 3.05) is 48.4 Å². The van der Waals surface area contributed by atoms with Crippen LogP contribution in [-0.4, -0.2) is 67.5 Å². The van der Waals surface area contributed by atoms with Gasteiger partial charge < -0.3 is 30.1 Å². The van der Waals surface area contributed by atoms with Crippen molar-refractivity contribution < 1.29 is 42.5 Å². The molecule has 0 saturated carbocycles. The number of carboxylic acid groups (broad SMARTS) is 2. The standard InChI is InChI=1S/C25H24ClN3O4.C2HF3O2/c1-33-21-4-2-3-20(16-21)28-11-13-29(14-12-28)23-10-9-19(15-22(23)25(31)32)27-24(30)17-5-7-18(26)8-6-17;3-2(4,5)1(6)7/h2-10,15-16H,11-14H2,1H3,(H,27,30)(H,31,32);(H,6,7). The number of anilines is 3. The Bertz CT molecular complexity index is 1360. The Kier molecular flexibility index (Phi) is 9.83. The van der Waals surface area contributed by atoms with E-state index in [-0.39, 0.29) is 11.5 Å². The molecule has 3 aromatic rings. The van der Waals surface area contributed by atoms with Crippen LogP contribution in [0, 0.1) is 0 Å². The quantitative estimate of drug-likeness (QED) is 0.362. The van der Waals surface area contributed by atoms with E-state index in [1.807, 2.05) is 24.3 Å². The third-order valence-corrected chi connectivity index (χ3v) is 6.12. The van der Waals surface area contributed by atoms with E-state index in [9.17, 15) is 27.9 Å². The number of aromatic carboxylic acids is 1. The van der Waals surface area contributed by atoms with Gasteiger partial charge in [0.25, 0.3) is 5.91 Å². The Labute approximate surface area is 232 Å². The van der Waals surface area contributed by atoms with Gasteiger partial charge in [0.2, 0.25) is 0 Å². The minimum atomic E-state index is -5.08. The zero-order valence-electron chi connectivity index (χ0n) is 21.1. The van der Waals surface area contributed by atoms with E-state index in [1.165, 1.54) is 6.07 Å². The highest BCUT2D eigenvalue weighted by atomic mass is 35.5. The number of alkyl halides is 3. The molecule has 1 aliphatic heterocycles. The molecule has 0 unspecified atom stereocenters. The molecule has 0 radical (unpaired) electrons. The maximum Gasteiger partial charge on any atom is 0.490 e. The molecule has 3 N–H and O–H groups in total. The summed E-state index contributed by atoms with van der Waals surface area (Å²) in [5.74, 6) is -3.32. The van der Waals surface area contributed by atoms with Crippen molar-refractivity contribution in [3.63, 3.8) is 0 Å². The van der Waals surface area contributed by atoms with Gasteiger partial charge in [0.05, 0.1) is 18.4 Å². The van der Waals surface area contributed by atoms with E-state index in [2.05, 4.69) is 15.1 Å². The van der Waals surface area contributed by atoms with Crippen molar-refractivity contribution in [3.05, 3.63) is 82.9 Å². The Morgan fingerprint density at radius 3 is 2.05 bits per heavy atom. The summed E-state index contributed by atoms with van der Waals surface area (Å²) in [7, 11) is 1.64. The molecule has 13 heteroatoms. The Morgan fingerprint density at radius 2 is 1.50 bits per heavy atom. The lowest BCUT2D eigenvalue weighted by atomic mass is 10.1. The van der Waals surface area contributed by atoms with Crippen LogP contribution in [0.5, 0.6) is 5.75 Å². The van der Waals surface area contributed by atoms with E-state index >= 15 is 0 Å². The van der Waals surface area contributed by atoms with Crippen LogP contribution < -0.4 is 19.9 Å². The number of hydrogen-bond acceptors (Lipinski definition) is 6. The summed E-state index contributed by atoms with van der Waals surface area (Å²) in [5.41, 5.74) is 2.73. The van der Waals surface area contributed by atoms with E-state index in [4.69, 9.17) is 26.2 Å². The van der Waals surface area contributed by atoms with Crippen LogP contribution in [-0.2, 0) is 4.79 Å². The van der Waals surface area contributed by atoms with Crippen molar-refractivity contribution in [1.82, 2.24) is 0 Å². The van der Waals surface area contributed by atoms with Crippen molar-refractivity contribution in [2.24, 2.45) is 0 Å². The molecule has 9 nitrogen and oxygen atoms in total. The number of carbonyl (C=O) groups is 3. The molecule has 4 rings (SSSR count). The molecule has 3 aromatic carbocycles. The van der Waals surface area contributed by atoms with Crippen LogP contribution in [0.4, 0.5) is 30.2 Å². The molecule has 1 aliphatic rings. The number of hydrogen-bond donors (Lipinski definition) is 3. The lowest BCUT2D eigenvalue weighted by molar-refractivity contribution is -0.192. The number of piperazine rings is 1.